The molecule has 100 valence electrons. The average Bonchev–Trinajstić information content (AvgIpc) is 2.33. The minimum atomic E-state index is -0.780. The Labute approximate surface area is 106 Å². The molecule has 0 radical (unpaired) electrons. The van der Waals surface area contributed by atoms with Gasteiger partial charge in [0.1, 0.15) is 11.6 Å². The summed E-state index contributed by atoms with van der Waals surface area (Å²) in [5, 5.41) is 10.2. The number of ether oxygens (including phenoxy) is 1. The Bertz CT molecular complexity index is 414. The Morgan fingerprint density at radius 2 is 2.17 bits per heavy atom. The second-order valence-electron chi connectivity index (χ2n) is 5.07. The summed E-state index contributed by atoms with van der Waals surface area (Å²) in [6.07, 6.45) is 2.12. The van der Waals surface area contributed by atoms with Crippen molar-refractivity contribution in [3.05, 3.63) is 35.4 Å². The molecule has 1 aliphatic heterocycles. The van der Waals surface area contributed by atoms with Crippen LogP contribution in [-0.4, -0.2) is 23.4 Å². The smallest absolute Gasteiger partial charge is 0.129 e. The molecule has 1 aromatic carbocycles. The molecule has 18 heavy (non-hydrogen) atoms. The van der Waals surface area contributed by atoms with Crippen LogP contribution >= 0.6 is 0 Å². The van der Waals surface area contributed by atoms with Crippen LogP contribution in [0.1, 0.15) is 31.7 Å². The quantitative estimate of drug-likeness (QED) is 0.901. The summed E-state index contributed by atoms with van der Waals surface area (Å²) in [5.74, 6) is -1.22. The fourth-order valence-electron chi connectivity index (χ4n) is 2.33. The van der Waals surface area contributed by atoms with Gasteiger partial charge in [-0.2, -0.15) is 0 Å². The normalized spacial score (nSPS) is 26.0. The predicted molar refractivity (Wildman–Crippen MR) is 64.3 cm³/mol. The summed E-state index contributed by atoms with van der Waals surface area (Å²) in [7, 11) is 0. The molecule has 2 rings (SSSR count). The molecule has 1 saturated heterocycles. The molecule has 0 aliphatic carbocycles. The maximum atomic E-state index is 13.5. The highest BCUT2D eigenvalue weighted by atomic mass is 19.1. The molecule has 1 aliphatic rings. The number of rotatable bonds is 3. The van der Waals surface area contributed by atoms with E-state index in [4.69, 9.17) is 4.74 Å². The maximum Gasteiger partial charge on any atom is 0.129 e. The van der Waals surface area contributed by atoms with Crippen LogP contribution in [0.3, 0.4) is 0 Å². The molecule has 0 saturated carbocycles. The van der Waals surface area contributed by atoms with Crippen molar-refractivity contribution in [1.29, 1.82) is 0 Å². The molecule has 1 heterocycles. The van der Waals surface area contributed by atoms with E-state index in [1.165, 1.54) is 12.1 Å². The van der Waals surface area contributed by atoms with E-state index in [2.05, 4.69) is 0 Å². The van der Waals surface area contributed by atoms with Gasteiger partial charge in [0.05, 0.1) is 11.7 Å². The molecule has 0 spiro atoms. The lowest BCUT2D eigenvalue weighted by atomic mass is 9.86. The second-order valence-corrected chi connectivity index (χ2v) is 5.07. The summed E-state index contributed by atoms with van der Waals surface area (Å²) >= 11 is 0. The average molecular weight is 256 g/mol. The minimum absolute atomic E-state index is 0.141. The van der Waals surface area contributed by atoms with Crippen LogP contribution in [0, 0.1) is 11.6 Å². The monoisotopic (exact) mass is 256 g/mol. The van der Waals surface area contributed by atoms with Crippen molar-refractivity contribution in [3.8, 4) is 0 Å². The highest BCUT2D eigenvalue weighted by molar-refractivity contribution is 5.20. The first kappa shape index (κ1) is 13.4. The Balaban J connectivity index is 2.08. The van der Waals surface area contributed by atoms with Crippen molar-refractivity contribution in [1.82, 2.24) is 0 Å². The number of aliphatic hydroxyl groups is 1. The van der Waals surface area contributed by atoms with E-state index in [1.807, 2.05) is 6.92 Å². The van der Waals surface area contributed by atoms with Crippen LogP contribution < -0.4 is 0 Å². The standard InChI is InChI=1S/C14H18F2O2/c1-14(6-2-3-7-18-14)13(17)8-10-4-5-11(15)9-12(10)16/h4-5,9,13,17H,2-3,6-8H2,1H3. The zero-order valence-corrected chi connectivity index (χ0v) is 10.5. The summed E-state index contributed by atoms with van der Waals surface area (Å²) in [6.45, 7) is 2.47. The molecule has 1 aromatic rings. The molecule has 0 aromatic heterocycles. The lowest BCUT2D eigenvalue weighted by Crippen LogP contribution is -2.45. The van der Waals surface area contributed by atoms with Gasteiger partial charge in [-0.15, -0.1) is 0 Å². The van der Waals surface area contributed by atoms with Crippen LogP contribution in [-0.2, 0) is 11.2 Å². The van der Waals surface area contributed by atoms with E-state index in [1.54, 1.807) is 0 Å². The molecular formula is C14H18F2O2. The lowest BCUT2D eigenvalue weighted by Gasteiger charge is -2.38. The first-order valence-electron chi connectivity index (χ1n) is 6.27. The lowest BCUT2D eigenvalue weighted by molar-refractivity contribution is -0.135. The summed E-state index contributed by atoms with van der Waals surface area (Å²) < 4.78 is 31.9. The molecule has 0 amide bonds. The fraction of sp³-hybridized carbons (Fsp3) is 0.571. The molecular weight excluding hydrogens is 238 g/mol. The summed E-state index contributed by atoms with van der Waals surface area (Å²) in [5.41, 5.74) is -0.307. The van der Waals surface area contributed by atoms with Gasteiger partial charge in [0, 0.05) is 19.1 Å². The van der Waals surface area contributed by atoms with Gasteiger partial charge in [0.25, 0.3) is 0 Å². The highest BCUT2D eigenvalue weighted by Crippen LogP contribution is 2.30. The van der Waals surface area contributed by atoms with E-state index < -0.39 is 23.3 Å². The third-order valence-corrected chi connectivity index (χ3v) is 3.63. The predicted octanol–water partition coefficient (Wildman–Crippen LogP) is 2.83. The summed E-state index contributed by atoms with van der Waals surface area (Å²) in [6, 6.07) is 3.42. The molecule has 2 unspecified atom stereocenters. The van der Waals surface area contributed by atoms with Gasteiger partial charge in [-0.25, -0.2) is 8.78 Å². The Kier molecular flexibility index (Phi) is 3.97. The number of hydrogen-bond acceptors (Lipinski definition) is 2. The number of aliphatic hydroxyl groups excluding tert-OH is 1. The number of hydrogen-bond donors (Lipinski definition) is 1. The van der Waals surface area contributed by atoms with Gasteiger partial charge in [-0.1, -0.05) is 6.07 Å². The van der Waals surface area contributed by atoms with Gasteiger partial charge in [-0.05, 0) is 37.8 Å². The molecule has 2 atom stereocenters. The van der Waals surface area contributed by atoms with Gasteiger partial charge < -0.3 is 9.84 Å². The van der Waals surface area contributed by atoms with Crippen molar-refractivity contribution in [2.45, 2.75) is 44.3 Å². The Morgan fingerprint density at radius 1 is 1.39 bits per heavy atom. The Morgan fingerprint density at radius 3 is 2.78 bits per heavy atom. The van der Waals surface area contributed by atoms with E-state index in [-0.39, 0.29) is 6.42 Å². The molecule has 1 fully saturated rings. The highest BCUT2D eigenvalue weighted by Gasteiger charge is 2.36. The van der Waals surface area contributed by atoms with E-state index in [0.717, 1.165) is 25.3 Å². The Hall–Kier alpha value is -1.00. The SMILES string of the molecule is CC1(C(O)Cc2ccc(F)cc2F)CCCCO1. The zero-order valence-electron chi connectivity index (χ0n) is 10.5. The van der Waals surface area contributed by atoms with Crippen LogP contribution in [0.25, 0.3) is 0 Å². The van der Waals surface area contributed by atoms with Crippen molar-refractivity contribution in [3.63, 3.8) is 0 Å². The van der Waals surface area contributed by atoms with Crippen molar-refractivity contribution in [2.75, 3.05) is 6.61 Å². The van der Waals surface area contributed by atoms with E-state index >= 15 is 0 Å². The van der Waals surface area contributed by atoms with Gasteiger partial charge >= 0.3 is 0 Å². The van der Waals surface area contributed by atoms with E-state index in [9.17, 15) is 13.9 Å². The van der Waals surface area contributed by atoms with Gasteiger partial charge in [0.15, 0.2) is 0 Å². The van der Waals surface area contributed by atoms with Crippen LogP contribution in [0.5, 0.6) is 0 Å². The zero-order chi connectivity index (χ0) is 13.2. The number of benzene rings is 1. The van der Waals surface area contributed by atoms with E-state index in [0.29, 0.717) is 12.2 Å². The molecule has 2 nitrogen and oxygen atoms in total. The van der Waals surface area contributed by atoms with Crippen LogP contribution in [0.4, 0.5) is 8.78 Å². The fourth-order valence-corrected chi connectivity index (χ4v) is 2.33. The van der Waals surface area contributed by atoms with Crippen LogP contribution in [0.2, 0.25) is 0 Å². The van der Waals surface area contributed by atoms with Crippen molar-refractivity contribution < 1.29 is 18.6 Å². The van der Waals surface area contributed by atoms with Crippen molar-refractivity contribution >= 4 is 0 Å². The van der Waals surface area contributed by atoms with Gasteiger partial charge in [0.2, 0.25) is 0 Å². The molecule has 0 bridgehead atoms. The largest absolute Gasteiger partial charge is 0.390 e. The summed E-state index contributed by atoms with van der Waals surface area (Å²) in [4.78, 5) is 0. The van der Waals surface area contributed by atoms with Crippen LogP contribution in [0.15, 0.2) is 18.2 Å². The third-order valence-electron chi connectivity index (χ3n) is 3.63. The molecule has 4 heteroatoms. The maximum absolute atomic E-state index is 13.5. The van der Waals surface area contributed by atoms with Gasteiger partial charge in [-0.3, -0.25) is 0 Å². The first-order chi connectivity index (χ1) is 8.51. The number of halogens is 2. The first-order valence-corrected chi connectivity index (χ1v) is 6.27. The minimum Gasteiger partial charge on any atom is -0.390 e. The third kappa shape index (κ3) is 2.87. The molecule has 1 N–H and O–H groups in total. The second kappa shape index (κ2) is 5.33. The van der Waals surface area contributed by atoms with Crippen molar-refractivity contribution in [2.24, 2.45) is 0 Å². The topological polar surface area (TPSA) is 29.5 Å².